The van der Waals surface area contributed by atoms with Crippen molar-refractivity contribution in [2.75, 3.05) is 0 Å². The van der Waals surface area contributed by atoms with Gasteiger partial charge in [0, 0.05) is 0 Å². The number of hydrogen-bond acceptors (Lipinski definition) is 2. The lowest BCUT2D eigenvalue weighted by molar-refractivity contribution is 0.173. The highest BCUT2D eigenvalue weighted by Gasteiger charge is 2.05. The average molecular weight is 278 g/mol. The Morgan fingerprint density at radius 2 is 1.75 bits per heavy atom. The summed E-state index contributed by atoms with van der Waals surface area (Å²) < 4.78 is 31.3. The molecule has 0 unspecified atom stereocenters. The molecule has 0 bridgehead atoms. The van der Waals surface area contributed by atoms with Gasteiger partial charge in [-0.15, -0.1) is 0 Å². The molecule has 2 aromatic carbocycles. The molecule has 2 nitrogen and oxygen atoms in total. The van der Waals surface area contributed by atoms with Crippen LogP contribution in [0.15, 0.2) is 42.5 Å². The molecule has 0 spiro atoms. The van der Waals surface area contributed by atoms with Crippen LogP contribution in [0.3, 0.4) is 0 Å². The Kier molecular flexibility index (Phi) is 4.69. The van der Waals surface area contributed by atoms with E-state index < -0.39 is 17.7 Å². The Hall–Kier alpha value is -1.94. The van der Waals surface area contributed by atoms with E-state index in [1.807, 2.05) is 6.92 Å². The summed E-state index contributed by atoms with van der Waals surface area (Å²) in [6.07, 6.45) is 0.171. The quantitative estimate of drug-likeness (QED) is 0.896. The summed E-state index contributed by atoms with van der Waals surface area (Å²) in [6, 6.07) is 10.7. The molecule has 1 N–H and O–H groups in total. The lowest BCUT2D eigenvalue weighted by Gasteiger charge is -2.10. The van der Waals surface area contributed by atoms with Gasteiger partial charge in [-0.05, 0) is 41.8 Å². The van der Waals surface area contributed by atoms with E-state index in [2.05, 4.69) is 0 Å². The topological polar surface area (TPSA) is 29.5 Å². The Labute approximate surface area is 116 Å². The minimum absolute atomic E-state index is 0.160. The molecule has 2 aromatic rings. The van der Waals surface area contributed by atoms with Crippen LogP contribution in [0, 0.1) is 11.6 Å². The van der Waals surface area contributed by atoms with Gasteiger partial charge in [0.2, 0.25) is 0 Å². The second kappa shape index (κ2) is 6.48. The van der Waals surface area contributed by atoms with Crippen LogP contribution in [-0.2, 0) is 6.61 Å². The average Bonchev–Trinajstić information content (AvgIpc) is 2.48. The van der Waals surface area contributed by atoms with E-state index in [4.69, 9.17) is 4.74 Å². The van der Waals surface area contributed by atoms with Gasteiger partial charge in [-0.25, -0.2) is 8.78 Å². The normalized spacial score (nSPS) is 12.2. The minimum Gasteiger partial charge on any atom is -0.489 e. The van der Waals surface area contributed by atoms with Crippen molar-refractivity contribution in [3.63, 3.8) is 0 Å². The summed E-state index contributed by atoms with van der Waals surface area (Å²) in [4.78, 5) is 0. The number of benzene rings is 2. The highest BCUT2D eigenvalue weighted by Crippen LogP contribution is 2.20. The predicted octanol–water partition coefficient (Wildman–Crippen LogP) is 3.99. The number of rotatable bonds is 5. The van der Waals surface area contributed by atoms with E-state index >= 15 is 0 Å². The number of hydrogen-bond donors (Lipinski definition) is 1. The first-order valence-electron chi connectivity index (χ1n) is 6.45. The third-order valence-corrected chi connectivity index (χ3v) is 3.04. The van der Waals surface area contributed by atoms with Crippen molar-refractivity contribution in [2.45, 2.75) is 26.1 Å². The van der Waals surface area contributed by atoms with Crippen LogP contribution in [0.25, 0.3) is 0 Å². The minimum atomic E-state index is -0.882. The van der Waals surface area contributed by atoms with Crippen LogP contribution < -0.4 is 4.74 Å². The van der Waals surface area contributed by atoms with E-state index in [1.165, 1.54) is 6.07 Å². The van der Waals surface area contributed by atoms with E-state index in [9.17, 15) is 13.9 Å². The molecule has 20 heavy (non-hydrogen) atoms. The predicted molar refractivity (Wildman–Crippen MR) is 72.4 cm³/mol. The third-order valence-electron chi connectivity index (χ3n) is 3.04. The zero-order chi connectivity index (χ0) is 14.5. The summed E-state index contributed by atoms with van der Waals surface area (Å²) in [5.41, 5.74) is 1.38. The summed E-state index contributed by atoms with van der Waals surface area (Å²) in [6.45, 7) is 2.06. The molecule has 0 saturated carbocycles. The van der Waals surface area contributed by atoms with Gasteiger partial charge in [-0.2, -0.15) is 0 Å². The smallest absolute Gasteiger partial charge is 0.159 e. The molecule has 0 saturated heterocycles. The van der Waals surface area contributed by atoms with E-state index in [1.54, 1.807) is 24.3 Å². The molecule has 106 valence electrons. The fraction of sp³-hybridized carbons (Fsp3) is 0.250. The Morgan fingerprint density at radius 1 is 1.05 bits per heavy atom. The number of ether oxygens (including phenoxy) is 1. The molecule has 0 aliphatic carbocycles. The first-order valence-corrected chi connectivity index (χ1v) is 6.45. The van der Waals surface area contributed by atoms with Crippen LogP contribution in [0.2, 0.25) is 0 Å². The van der Waals surface area contributed by atoms with Crippen LogP contribution >= 0.6 is 0 Å². The summed E-state index contributed by atoms with van der Waals surface area (Å²) in [5, 5.41) is 9.67. The SMILES string of the molecule is CC[C@H](O)c1ccc(OCc2ccc(F)c(F)c2)cc1. The lowest BCUT2D eigenvalue weighted by Crippen LogP contribution is -1.98. The van der Waals surface area contributed by atoms with Crippen molar-refractivity contribution >= 4 is 0 Å². The Morgan fingerprint density at radius 3 is 2.35 bits per heavy atom. The largest absolute Gasteiger partial charge is 0.489 e. The molecule has 0 aliphatic heterocycles. The molecule has 0 fully saturated rings. The van der Waals surface area contributed by atoms with Crippen molar-refractivity contribution in [3.8, 4) is 5.75 Å². The van der Waals surface area contributed by atoms with E-state index in [0.717, 1.165) is 17.7 Å². The van der Waals surface area contributed by atoms with Crippen molar-refractivity contribution in [3.05, 3.63) is 65.2 Å². The van der Waals surface area contributed by atoms with Gasteiger partial charge >= 0.3 is 0 Å². The zero-order valence-corrected chi connectivity index (χ0v) is 11.1. The van der Waals surface area contributed by atoms with Gasteiger partial charge < -0.3 is 9.84 Å². The molecule has 0 radical (unpaired) electrons. The van der Waals surface area contributed by atoms with Crippen molar-refractivity contribution in [2.24, 2.45) is 0 Å². The van der Waals surface area contributed by atoms with Crippen molar-refractivity contribution < 1.29 is 18.6 Å². The lowest BCUT2D eigenvalue weighted by atomic mass is 10.1. The van der Waals surface area contributed by atoms with Gasteiger partial charge in [-0.3, -0.25) is 0 Å². The van der Waals surface area contributed by atoms with Gasteiger partial charge in [-0.1, -0.05) is 25.1 Å². The summed E-state index contributed by atoms with van der Waals surface area (Å²) >= 11 is 0. The second-order valence-corrected chi connectivity index (χ2v) is 4.53. The standard InChI is InChI=1S/C16H16F2O2/c1-2-16(19)12-4-6-13(7-5-12)20-10-11-3-8-14(17)15(18)9-11/h3-9,16,19H,2,10H2,1H3/t16-/m0/s1. The first-order chi connectivity index (χ1) is 9.60. The molecule has 1 atom stereocenters. The third kappa shape index (κ3) is 3.54. The summed E-state index contributed by atoms with van der Waals surface area (Å²) in [7, 11) is 0. The molecular weight excluding hydrogens is 262 g/mol. The first kappa shape index (κ1) is 14.5. The van der Waals surface area contributed by atoms with Crippen LogP contribution in [0.5, 0.6) is 5.75 Å². The van der Waals surface area contributed by atoms with Gasteiger partial charge in [0.25, 0.3) is 0 Å². The maximum Gasteiger partial charge on any atom is 0.159 e. The van der Waals surface area contributed by atoms with Gasteiger partial charge in [0.1, 0.15) is 12.4 Å². The number of aliphatic hydroxyl groups is 1. The molecule has 0 aliphatic rings. The van der Waals surface area contributed by atoms with Gasteiger partial charge in [0.05, 0.1) is 6.10 Å². The van der Waals surface area contributed by atoms with Crippen LogP contribution in [-0.4, -0.2) is 5.11 Å². The van der Waals surface area contributed by atoms with Crippen LogP contribution in [0.1, 0.15) is 30.6 Å². The molecule has 0 aromatic heterocycles. The zero-order valence-electron chi connectivity index (χ0n) is 11.1. The summed E-state index contributed by atoms with van der Waals surface area (Å²) in [5.74, 6) is -1.14. The van der Waals surface area contributed by atoms with E-state index in [0.29, 0.717) is 17.7 Å². The van der Waals surface area contributed by atoms with Crippen molar-refractivity contribution in [1.82, 2.24) is 0 Å². The second-order valence-electron chi connectivity index (χ2n) is 4.53. The molecular formula is C16H16F2O2. The highest BCUT2D eigenvalue weighted by atomic mass is 19.2. The molecule has 4 heteroatoms. The highest BCUT2D eigenvalue weighted by molar-refractivity contribution is 5.29. The number of aliphatic hydroxyl groups excluding tert-OH is 1. The molecule has 2 rings (SSSR count). The van der Waals surface area contributed by atoms with Gasteiger partial charge in [0.15, 0.2) is 11.6 Å². The Balaban J connectivity index is 1.98. The molecule has 0 heterocycles. The monoisotopic (exact) mass is 278 g/mol. The van der Waals surface area contributed by atoms with Crippen LogP contribution in [0.4, 0.5) is 8.78 Å². The maximum absolute atomic E-state index is 13.0. The molecule has 0 amide bonds. The van der Waals surface area contributed by atoms with E-state index in [-0.39, 0.29) is 6.61 Å². The fourth-order valence-corrected chi connectivity index (χ4v) is 1.82. The van der Waals surface area contributed by atoms with Crippen molar-refractivity contribution in [1.29, 1.82) is 0 Å². The fourth-order valence-electron chi connectivity index (χ4n) is 1.82. The maximum atomic E-state index is 13.0. The number of halogens is 2. The Bertz CT molecular complexity index is 567.